The van der Waals surface area contributed by atoms with Crippen LogP contribution >= 0.6 is 0 Å². The van der Waals surface area contributed by atoms with Gasteiger partial charge in [0.2, 0.25) is 0 Å². The average molecular weight is 869 g/mol. The normalized spacial score (nSPS) is 10.6. The Hall–Kier alpha value is -8.46. The van der Waals surface area contributed by atoms with Crippen molar-refractivity contribution in [3.63, 3.8) is 0 Å². The third-order valence-corrected chi connectivity index (χ3v) is 9.52. The summed E-state index contributed by atoms with van der Waals surface area (Å²) in [7, 11) is 0. The van der Waals surface area contributed by atoms with E-state index in [1.165, 1.54) is 18.2 Å². The van der Waals surface area contributed by atoms with Crippen molar-refractivity contribution in [3.05, 3.63) is 180 Å². The van der Waals surface area contributed by atoms with E-state index in [0.29, 0.717) is 39.8 Å². The Morgan fingerprint density at radius 1 is 0.359 bits per heavy atom. The van der Waals surface area contributed by atoms with Gasteiger partial charge in [-0.2, -0.15) is 14.4 Å². The highest BCUT2D eigenvalue weighted by Gasteiger charge is 2.37. The zero-order chi connectivity index (χ0) is 45.2. The minimum Gasteiger partial charge on any atom is -0.431 e. The van der Waals surface area contributed by atoms with Crippen LogP contribution in [0.15, 0.2) is 164 Å². The van der Waals surface area contributed by atoms with Crippen molar-refractivity contribution in [2.45, 2.75) is 19.8 Å². The van der Waals surface area contributed by atoms with Crippen LogP contribution < -0.4 is 0 Å². The number of hydrogen-bond donors (Lipinski definition) is 0. The molecule has 0 radical (unpaired) electrons. The van der Waals surface area contributed by atoms with Gasteiger partial charge in [0.15, 0.2) is 0 Å². The molecule has 15 heteroatoms. The fourth-order valence-corrected chi connectivity index (χ4v) is 6.52. The van der Waals surface area contributed by atoms with Crippen LogP contribution in [0.1, 0.15) is 50.8 Å². The van der Waals surface area contributed by atoms with Crippen LogP contribution in [-0.4, -0.2) is 56.2 Å². The van der Waals surface area contributed by atoms with Crippen molar-refractivity contribution < 1.29 is 72.3 Å². The van der Waals surface area contributed by atoms with E-state index in [-0.39, 0.29) is 23.1 Å². The molecule has 0 saturated heterocycles. The molecule has 0 aromatic heterocycles. The van der Waals surface area contributed by atoms with Gasteiger partial charge in [0.25, 0.3) is 0 Å². The van der Waals surface area contributed by atoms with Crippen LogP contribution in [0.5, 0.6) is 0 Å². The van der Waals surface area contributed by atoms with Crippen LogP contribution in [-0.2, 0) is 43.5 Å². The van der Waals surface area contributed by atoms with Crippen LogP contribution in [0.4, 0.5) is 14.4 Å². The maximum atomic E-state index is 13.0. The van der Waals surface area contributed by atoms with Gasteiger partial charge in [0.05, 0.1) is 22.1 Å². The molecule has 0 amide bonds. The van der Waals surface area contributed by atoms with Gasteiger partial charge in [-0.25, -0.2) is 43.7 Å². The predicted molar refractivity (Wildman–Crippen MR) is 227 cm³/mol. The lowest BCUT2D eigenvalue weighted by Gasteiger charge is -2.30. The molecule has 0 aliphatic carbocycles. The Kier molecular flexibility index (Phi) is 15.8. The number of hydrogen-bond acceptors (Lipinski definition) is 15. The molecule has 15 nitrogen and oxygen atoms in total. The van der Waals surface area contributed by atoms with Crippen molar-refractivity contribution in [1.82, 2.24) is 0 Å². The first-order valence-electron chi connectivity index (χ1n) is 19.8. The Morgan fingerprint density at radius 3 is 0.906 bits per heavy atom. The van der Waals surface area contributed by atoms with Crippen molar-refractivity contribution in [2.75, 3.05) is 19.8 Å². The van der Waals surface area contributed by atoms with Gasteiger partial charge in [-0.1, -0.05) is 159 Å². The second-order valence-electron chi connectivity index (χ2n) is 14.0. The molecule has 0 saturated carbocycles. The van der Waals surface area contributed by atoms with Gasteiger partial charge >= 0.3 is 36.4 Å². The molecule has 0 heterocycles. The average Bonchev–Trinajstić information content (AvgIpc) is 3.35. The van der Waals surface area contributed by atoms with E-state index < -0.39 is 61.6 Å². The Labute approximate surface area is 366 Å². The lowest BCUT2D eigenvalue weighted by atomic mass is 9.86. The van der Waals surface area contributed by atoms with Crippen LogP contribution in [0.2, 0.25) is 0 Å². The van der Waals surface area contributed by atoms with E-state index in [1.54, 1.807) is 134 Å². The molecule has 6 aromatic carbocycles. The number of rotatable bonds is 14. The molecule has 6 rings (SSSR count). The molecule has 0 aliphatic heterocycles. The first-order valence-corrected chi connectivity index (χ1v) is 19.8. The predicted octanol–water partition coefficient (Wildman–Crippen LogP) is 10.5. The van der Waals surface area contributed by atoms with E-state index in [1.807, 2.05) is 18.2 Å². The standard InChI is InChI=1S/C49H40O15/c1-2-30-49(31-56-46(53)62-59-43(50)40-27-15-12-24-37(40)34-18-6-3-7-19-34,32-57-47(54)63-60-44(51)41-28-16-13-25-38(41)35-20-8-4-9-21-35)33-58-48(55)64-61-45(52)42-29-17-14-26-39(42)36-22-10-5-11-23-36/h3-29H,2,30-33H2,1H3. The highest BCUT2D eigenvalue weighted by atomic mass is 17.2. The summed E-state index contributed by atoms with van der Waals surface area (Å²) in [5, 5.41) is 0. The summed E-state index contributed by atoms with van der Waals surface area (Å²) in [5.41, 5.74) is 2.36. The SMILES string of the molecule is CCCC(COC(=O)OOC(=O)c1ccccc1-c1ccccc1)(COC(=O)OOC(=O)c1ccccc1-c1ccccc1)COC(=O)OOC(=O)c1ccccc1-c1ccccc1. The zero-order valence-electron chi connectivity index (χ0n) is 34.2. The Bertz CT molecular complexity index is 2270. The topological polar surface area (TPSA) is 185 Å². The molecule has 0 bridgehead atoms. The summed E-state index contributed by atoms with van der Waals surface area (Å²) in [6.45, 7) is -0.291. The minimum atomic E-state index is -1.57. The van der Waals surface area contributed by atoms with E-state index in [2.05, 4.69) is 14.7 Å². The third kappa shape index (κ3) is 12.3. The second kappa shape index (κ2) is 22.4. The number of benzene rings is 6. The van der Waals surface area contributed by atoms with Crippen molar-refractivity contribution >= 4 is 36.4 Å². The molecule has 6 aromatic rings. The number of ether oxygens (including phenoxy) is 3. The molecule has 0 aliphatic rings. The largest absolute Gasteiger partial charge is 0.549 e. The summed E-state index contributed by atoms with van der Waals surface area (Å²) >= 11 is 0. The Balaban J connectivity index is 1.10. The zero-order valence-corrected chi connectivity index (χ0v) is 34.2. The van der Waals surface area contributed by atoms with E-state index >= 15 is 0 Å². The van der Waals surface area contributed by atoms with E-state index in [0.717, 1.165) is 0 Å². The van der Waals surface area contributed by atoms with Gasteiger partial charge < -0.3 is 14.2 Å². The van der Waals surface area contributed by atoms with E-state index in [9.17, 15) is 28.8 Å². The molecular formula is C49H40O15. The van der Waals surface area contributed by atoms with Gasteiger partial charge in [-0.15, -0.1) is 0 Å². The number of carbonyl (C=O) groups excluding carboxylic acids is 6. The maximum absolute atomic E-state index is 13.0. The summed E-state index contributed by atoms with van der Waals surface area (Å²) in [6.07, 6.45) is -4.06. The smallest absolute Gasteiger partial charge is 0.431 e. The van der Waals surface area contributed by atoms with Crippen molar-refractivity contribution in [2.24, 2.45) is 5.41 Å². The lowest BCUT2D eigenvalue weighted by molar-refractivity contribution is -0.217. The van der Waals surface area contributed by atoms with Crippen molar-refractivity contribution in [1.29, 1.82) is 0 Å². The molecule has 326 valence electrons. The summed E-state index contributed by atoms with van der Waals surface area (Å²) in [5.74, 6) is -3.01. The molecule has 0 atom stereocenters. The minimum absolute atomic E-state index is 0.0412. The maximum Gasteiger partial charge on any atom is 0.549 e. The molecule has 0 unspecified atom stereocenters. The molecule has 64 heavy (non-hydrogen) atoms. The monoisotopic (exact) mass is 868 g/mol. The molecule has 0 fully saturated rings. The molecular weight excluding hydrogens is 829 g/mol. The van der Waals surface area contributed by atoms with Gasteiger partial charge in [-0.05, 0) is 58.0 Å². The quantitative estimate of drug-likeness (QED) is 0.0435. The highest BCUT2D eigenvalue weighted by molar-refractivity contribution is 5.98. The fraction of sp³-hybridized carbons (Fsp3) is 0.143. The van der Waals surface area contributed by atoms with Crippen LogP contribution in [0.3, 0.4) is 0 Å². The fourth-order valence-electron chi connectivity index (χ4n) is 6.52. The second-order valence-corrected chi connectivity index (χ2v) is 14.0. The van der Waals surface area contributed by atoms with Gasteiger partial charge in [0.1, 0.15) is 19.8 Å². The van der Waals surface area contributed by atoms with Gasteiger partial charge in [-0.3, -0.25) is 0 Å². The highest BCUT2D eigenvalue weighted by Crippen LogP contribution is 2.29. The van der Waals surface area contributed by atoms with E-state index in [4.69, 9.17) is 28.9 Å². The van der Waals surface area contributed by atoms with Gasteiger partial charge in [0, 0.05) is 0 Å². The molecule has 0 spiro atoms. The lowest BCUT2D eigenvalue weighted by Crippen LogP contribution is -2.40. The Morgan fingerprint density at radius 2 is 0.625 bits per heavy atom. The third-order valence-electron chi connectivity index (χ3n) is 9.52. The van der Waals surface area contributed by atoms with Crippen molar-refractivity contribution in [3.8, 4) is 33.4 Å². The summed E-state index contributed by atoms with van der Waals surface area (Å²) in [6, 6.07) is 46.4. The number of carbonyl (C=O) groups is 6. The summed E-state index contributed by atoms with van der Waals surface area (Å²) in [4.78, 5) is 106. The first-order chi connectivity index (χ1) is 31.2. The molecule has 0 N–H and O–H groups in total. The van der Waals surface area contributed by atoms with Crippen LogP contribution in [0, 0.1) is 5.41 Å². The van der Waals surface area contributed by atoms with Crippen LogP contribution in [0.25, 0.3) is 33.4 Å². The first kappa shape index (κ1) is 45.1. The summed E-state index contributed by atoms with van der Waals surface area (Å²) < 4.78 is 15.8.